The lowest BCUT2D eigenvalue weighted by Gasteiger charge is -2.25. The Bertz CT molecular complexity index is 856. The maximum absolute atomic E-state index is 12.7. The van der Waals surface area contributed by atoms with Crippen molar-refractivity contribution in [1.29, 1.82) is 0 Å². The molecule has 1 N–H and O–H groups in total. The Morgan fingerprint density at radius 2 is 1.79 bits per heavy atom. The summed E-state index contributed by atoms with van der Waals surface area (Å²) >= 11 is 1.10. The number of nitrogens with one attached hydrogen (secondary N) is 1. The molecule has 0 aliphatic heterocycles. The number of nitrogens with zero attached hydrogens (tertiary/aromatic N) is 1. The molecular formula is C17H26N2O3S2. The van der Waals surface area contributed by atoms with E-state index in [1.54, 1.807) is 22.8 Å². The summed E-state index contributed by atoms with van der Waals surface area (Å²) in [4.78, 5) is 12.2. The monoisotopic (exact) mass is 370 g/mol. The van der Waals surface area contributed by atoms with Crippen molar-refractivity contribution in [2.24, 2.45) is 11.8 Å². The fourth-order valence-electron chi connectivity index (χ4n) is 2.94. The second-order valence-electron chi connectivity index (χ2n) is 6.78. The Kier molecular flexibility index (Phi) is 5.88. The van der Waals surface area contributed by atoms with Gasteiger partial charge >= 0.3 is 4.87 Å². The highest BCUT2D eigenvalue weighted by Crippen LogP contribution is 2.23. The molecule has 0 fully saturated rings. The second kappa shape index (κ2) is 7.37. The van der Waals surface area contributed by atoms with Crippen molar-refractivity contribution in [3.8, 4) is 0 Å². The van der Waals surface area contributed by atoms with Gasteiger partial charge in [0.2, 0.25) is 10.0 Å². The van der Waals surface area contributed by atoms with Crippen LogP contribution in [0, 0.1) is 11.8 Å². The van der Waals surface area contributed by atoms with Gasteiger partial charge in [-0.1, -0.05) is 46.0 Å². The third-order valence-corrected chi connectivity index (χ3v) is 6.52. The molecule has 2 aromatic rings. The zero-order chi connectivity index (χ0) is 18.1. The van der Waals surface area contributed by atoms with E-state index in [2.05, 4.69) is 4.72 Å². The van der Waals surface area contributed by atoms with E-state index in [0.717, 1.165) is 23.3 Å². The van der Waals surface area contributed by atoms with Crippen molar-refractivity contribution >= 4 is 31.6 Å². The molecule has 0 atom stereocenters. The quantitative estimate of drug-likeness (QED) is 0.812. The van der Waals surface area contributed by atoms with Crippen LogP contribution in [0.1, 0.15) is 41.0 Å². The van der Waals surface area contributed by atoms with Gasteiger partial charge in [-0.3, -0.25) is 9.36 Å². The van der Waals surface area contributed by atoms with E-state index < -0.39 is 10.0 Å². The summed E-state index contributed by atoms with van der Waals surface area (Å²) in [5.41, 5.74) is 0.801. The summed E-state index contributed by atoms with van der Waals surface area (Å²) in [5, 5.41) is 0. The number of hydrogen-bond donors (Lipinski definition) is 1. The van der Waals surface area contributed by atoms with Gasteiger partial charge in [-0.15, -0.1) is 0 Å². The maximum atomic E-state index is 12.7. The summed E-state index contributed by atoms with van der Waals surface area (Å²) < 4.78 is 30.7. The highest BCUT2D eigenvalue weighted by atomic mass is 32.2. The Labute approximate surface area is 147 Å². The first-order valence-electron chi connectivity index (χ1n) is 8.33. The molecule has 0 amide bonds. The molecule has 7 heteroatoms. The van der Waals surface area contributed by atoms with Gasteiger partial charge in [0.15, 0.2) is 0 Å². The zero-order valence-corrected chi connectivity index (χ0v) is 16.5. The number of rotatable bonds is 7. The molecule has 0 radical (unpaired) electrons. The first-order chi connectivity index (χ1) is 11.2. The smallest absolute Gasteiger partial charge is 0.299 e. The van der Waals surface area contributed by atoms with Crippen LogP contribution in [-0.4, -0.2) is 19.0 Å². The van der Waals surface area contributed by atoms with Gasteiger partial charge in [-0.05, 0) is 36.5 Å². The van der Waals surface area contributed by atoms with E-state index in [1.165, 1.54) is 0 Å². The molecule has 0 aliphatic rings. The standard InChI is InChI=1S/C17H26N2O3S2/c1-6-9-19-14-8-7-13(10-15(14)23-17(19)20)24(21,22)18-16(11(2)3)12(4)5/h7-8,10-12,16,18H,6,9H2,1-5H3. The molecule has 2 rings (SSSR count). The van der Waals surface area contributed by atoms with E-state index in [4.69, 9.17) is 0 Å². The van der Waals surface area contributed by atoms with Crippen molar-refractivity contribution in [2.75, 3.05) is 0 Å². The molecule has 24 heavy (non-hydrogen) atoms. The molecule has 0 saturated heterocycles. The minimum Gasteiger partial charge on any atom is -0.299 e. The third kappa shape index (κ3) is 3.90. The van der Waals surface area contributed by atoms with Crippen molar-refractivity contribution in [1.82, 2.24) is 9.29 Å². The van der Waals surface area contributed by atoms with E-state index in [0.29, 0.717) is 11.2 Å². The molecule has 0 saturated carbocycles. The van der Waals surface area contributed by atoms with E-state index in [9.17, 15) is 13.2 Å². The molecule has 1 heterocycles. The molecule has 1 aromatic carbocycles. The predicted molar refractivity (Wildman–Crippen MR) is 100 cm³/mol. The van der Waals surface area contributed by atoms with Crippen molar-refractivity contribution in [3.05, 3.63) is 27.9 Å². The largest absolute Gasteiger partial charge is 0.308 e. The Hall–Kier alpha value is -1.18. The van der Waals surface area contributed by atoms with Gasteiger partial charge in [-0.25, -0.2) is 13.1 Å². The average molecular weight is 371 g/mol. The number of aryl methyl sites for hydroxylation is 1. The van der Waals surface area contributed by atoms with E-state index >= 15 is 0 Å². The highest BCUT2D eigenvalue weighted by molar-refractivity contribution is 7.89. The predicted octanol–water partition coefficient (Wildman–Crippen LogP) is 3.43. The summed E-state index contributed by atoms with van der Waals surface area (Å²) in [6.07, 6.45) is 0.859. The van der Waals surface area contributed by atoms with Crippen LogP contribution in [0.25, 0.3) is 10.2 Å². The van der Waals surface area contributed by atoms with Crippen LogP contribution in [0.2, 0.25) is 0 Å². The van der Waals surface area contributed by atoms with E-state index in [-0.39, 0.29) is 27.6 Å². The Morgan fingerprint density at radius 3 is 2.33 bits per heavy atom. The molecular weight excluding hydrogens is 344 g/mol. The average Bonchev–Trinajstić information content (AvgIpc) is 2.80. The van der Waals surface area contributed by atoms with Gasteiger partial charge in [0.1, 0.15) is 0 Å². The maximum Gasteiger partial charge on any atom is 0.308 e. The minimum atomic E-state index is -3.61. The first kappa shape index (κ1) is 19.1. The number of fused-ring (bicyclic) bond motifs is 1. The normalized spacial score (nSPS) is 12.8. The van der Waals surface area contributed by atoms with Crippen LogP contribution < -0.4 is 9.60 Å². The van der Waals surface area contributed by atoms with Crippen LogP contribution in [0.15, 0.2) is 27.9 Å². The lowest BCUT2D eigenvalue weighted by atomic mass is 9.94. The molecule has 1 aromatic heterocycles. The summed E-state index contributed by atoms with van der Waals surface area (Å²) in [5.74, 6) is 0.399. The summed E-state index contributed by atoms with van der Waals surface area (Å²) in [6, 6.07) is 4.79. The van der Waals surface area contributed by atoms with Gasteiger partial charge in [-0.2, -0.15) is 0 Å². The molecule has 0 spiro atoms. The Morgan fingerprint density at radius 1 is 1.17 bits per heavy atom. The van der Waals surface area contributed by atoms with Crippen molar-refractivity contribution in [2.45, 2.75) is 58.5 Å². The minimum absolute atomic E-state index is 0.0448. The number of aromatic nitrogens is 1. The SMILES string of the molecule is CCCn1c(=O)sc2cc(S(=O)(=O)NC(C(C)C)C(C)C)ccc21. The fourth-order valence-corrected chi connectivity index (χ4v) is 5.53. The van der Waals surface area contributed by atoms with Crippen LogP contribution in [0.4, 0.5) is 0 Å². The molecule has 0 bridgehead atoms. The van der Waals surface area contributed by atoms with Crippen molar-refractivity contribution < 1.29 is 8.42 Å². The first-order valence-corrected chi connectivity index (χ1v) is 10.6. The lowest BCUT2D eigenvalue weighted by Crippen LogP contribution is -2.42. The lowest BCUT2D eigenvalue weighted by molar-refractivity contribution is 0.355. The molecule has 0 unspecified atom stereocenters. The van der Waals surface area contributed by atoms with Gasteiger partial charge in [0.05, 0.1) is 15.1 Å². The van der Waals surface area contributed by atoms with Crippen LogP contribution in [0.3, 0.4) is 0 Å². The van der Waals surface area contributed by atoms with Crippen LogP contribution >= 0.6 is 11.3 Å². The summed E-state index contributed by atoms with van der Waals surface area (Å²) in [7, 11) is -3.61. The zero-order valence-electron chi connectivity index (χ0n) is 14.9. The fraction of sp³-hybridized carbons (Fsp3) is 0.588. The summed E-state index contributed by atoms with van der Waals surface area (Å²) in [6.45, 7) is 10.7. The number of hydrogen-bond acceptors (Lipinski definition) is 4. The second-order valence-corrected chi connectivity index (χ2v) is 9.49. The van der Waals surface area contributed by atoms with Gasteiger partial charge in [0.25, 0.3) is 0 Å². The molecule has 134 valence electrons. The number of thiazole rings is 1. The van der Waals surface area contributed by atoms with Crippen LogP contribution in [0.5, 0.6) is 0 Å². The van der Waals surface area contributed by atoms with Crippen LogP contribution in [-0.2, 0) is 16.6 Å². The Balaban J connectivity index is 2.43. The number of sulfonamides is 1. The number of benzene rings is 1. The van der Waals surface area contributed by atoms with Gasteiger partial charge in [0, 0.05) is 12.6 Å². The third-order valence-electron chi connectivity index (χ3n) is 4.12. The molecule has 5 nitrogen and oxygen atoms in total. The van der Waals surface area contributed by atoms with Gasteiger partial charge < -0.3 is 0 Å². The molecule has 0 aliphatic carbocycles. The highest BCUT2D eigenvalue weighted by Gasteiger charge is 2.25. The van der Waals surface area contributed by atoms with E-state index in [1.807, 2.05) is 34.6 Å². The topological polar surface area (TPSA) is 68.2 Å². The van der Waals surface area contributed by atoms with Crippen molar-refractivity contribution in [3.63, 3.8) is 0 Å².